The third-order valence-corrected chi connectivity index (χ3v) is 26.5. The predicted octanol–water partition coefficient (Wildman–Crippen LogP) is 20.3. The zero-order valence-corrected chi connectivity index (χ0v) is 52.7. The number of fused-ring (bicyclic) bond motifs is 14. The molecule has 2 nitrogen and oxygen atoms in total. The topological polar surface area (TPSA) is 6.48 Å². The van der Waals surface area contributed by atoms with Gasteiger partial charge in [0.05, 0.1) is 32.6 Å². The van der Waals surface area contributed by atoms with Crippen molar-refractivity contribution < 1.29 is 0 Å². The van der Waals surface area contributed by atoms with Gasteiger partial charge in [-0.15, -0.1) is 0 Å². The van der Waals surface area contributed by atoms with Crippen LogP contribution in [-0.2, 0) is 16.2 Å². The van der Waals surface area contributed by atoms with Crippen LogP contribution in [0.3, 0.4) is 0 Å². The third-order valence-electron chi connectivity index (χ3n) is 22.4. The van der Waals surface area contributed by atoms with E-state index in [0.717, 1.165) is 0 Å². The summed E-state index contributed by atoms with van der Waals surface area (Å²) < 4.78 is 0. The van der Waals surface area contributed by atoms with E-state index in [1.807, 2.05) is 0 Å². The second kappa shape index (κ2) is 18.4. The minimum Gasteiger partial charge on any atom is -0.334 e. The maximum Gasteiger partial charge on any atom is 0.0775 e. The highest BCUT2D eigenvalue weighted by molar-refractivity contribution is 6.89. The van der Waals surface area contributed by atoms with Gasteiger partial charge in [0.25, 0.3) is 0 Å². The second-order valence-corrected chi connectivity index (χ2v) is 38.8. The summed E-state index contributed by atoms with van der Waals surface area (Å²) in [6.07, 6.45) is 9.79. The van der Waals surface area contributed by atoms with Crippen molar-refractivity contribution in [1.82, 2.24) is 0 Å². The van der Waals surface area contributed by atoms with Crippen LogP contribution in [0, 0.1) is 0 Å². The van der Waals surface area contributed by atoms with E-state index in [4.69, 9.17) is 0 Å². The molecule has 2 aliphatic heterocycles. The maximum absolute atomic E-state index is 2.75. The van der Waals surface area contributed by atoms with Crippen molar-refractivity contribution in [3.8, 4) is 33.4 Å². The normalized spacial score (nSPS) is 23.2. The number of anilines is 4. The molecule has 4 atom stereocenters. The Morgan fingerprint density at radius 3 is 1.24 bits per heavy atom. The monoisotopic (exact) mass is 1110 g/mol. The van der Waals surface area contributed by atoms with Crippen LogP contribution < -0.4 is 20.2 Å². The first-order valence-electron chi connectivity index (χ1n) is 31.2. The molecule has 5 aliphatic rings. The SMILES string of the molecule is CC12CCCCC1(C)N(c1ccc([Si](C)(C)C)cc1)c1ccc(-c3ccc4c(c3)C(c3ccccc3)(c3ccccc3)c3c-4c4ccccc4c4cc(-c5ccc6c(c5)C5(C)CCCCC5(C)N6c5ccc([Si](C)(C)C)cc5)ccc34)cc12. The Bertz CT molecular complexity index is 4210. The Morgan fingerprint density at radius 2 is 0.759 bits per heavy atom. The molecule has 3 aliphatic carbocycles. The highest BCUT2D eigenvalue weighted by atomic mass is 28.3. The fourth-order valence-corrected chi connectivity index (χ4v) is 19.8. The van der Waals surface area contributed by atoms with E-state index in [2.05, 4.69) is 283 Å². The summed E-state index contributed by atoms with van der Waals surface area (Å²) in [6, 6.07) is 81.7. The molecule has 2 fully saturated rings. The first-order chi connectivity index (χ1) is 39.9. The lowest BCUT2D eigenvalue weighted by atomic mass is 9.61. The van der Waals surface area contributed by atoms with E-state index >= 15 is 0 Å². The van der Waals surface area contributed by atoms with Gasteiger partial charge < -0.3 is 9.80 Å². The molecule has 10 aromatic carbocycles. The van der Waals surface area contributed by atoms with Gasteiger partial charge >= 0.3 is 0 Å². The first-order valence-corrected chi connectivity index (χ1v) is 38.2. The van der Waals surface area contributed by atoms with Gasteiger partial charge in [-0.2, -0.15) is 0 Å². The fraction of sp³-hybridized carbons (Fsp3) is 0.291. The highest BCUT2D eigenvalue weighted by Crippen LogP contribution is 2.65. The summed E-state index contributed by atoms with van der Waals surface area (Å²) in [6.45, 7) is 25.0. The molecule has 0 aromatic heterocycles. The predicted molar refractivity (Wildman–Crippen MR) is 361 cm³/mol. The van der Waals surface area contributed by atoms with E-state index < -0.39 is 21.6 Å². The summed E-state index contributed by atoms with van der Waals surface area (Å²) in [5.74, 6) is 0. The number of hydrogen-bond donors (Lipinski definition) is 0. The lowest BCUT2D eigenvalue weighted by Crippen LogP contribution is -2.54. The molecule has 2 saturated carbocycles. The molecule has 4 heteroatoms. The van der Waals surface area contributed by atoms with Gasteiger partial charge in [-0.05, 0) is 189 Å². The van der Waals surface area contributed by atoms with Crippen LogP contribution in [0.2, 0.25) is 39.3 Å². The van der Waals surface area contributed by atoms with E-state index in [1.54, 1.807) is 0 Å². The lowest BCUT2D eigenvalue weighted by molar-refractivity contribution is 0.195. The Morgan fingerprint density at radius 1 is 0.349 bits per heavy atom. The standard InChI is InChI=1S/C79H80N2Si2/c1-75-45-19-21-47-77(75,3)80(59-33-37-61(38-34-59)82(5,6)7)71-43-31-55(51-69(71)75)53-29-41-65-67(49-53)63-27-17-18-28-64(63)73-66-42-30-54(50-68(66)79(74(65)73,57-23-13-11-14-24-57)58-25-15-12-16-26-58)56-32-44-72-70(52-56)76(2)46-20-22-48-78(76,4)81(72)60-35-39-62(40-36-60)83(8,9)10/h11-18,23-44,49-52H,19-22,45-48H2,1-10H3. The van der Waals surface area contributed by atoms with Gasteiger partial charge in [0.15, 0.2) is 0 Å². The summed E-state index contributed by atoms with van der Waals surface area (Å²) >= 11 is 0. The largest absolute Gasteiger partial charge is 0.334 e. The van der Waals surface area contributed by atoms with E-state index in [9.17, 15) is 0 Å². The van der Waals surface area contributed by atoms with Crippen molar-refractivity contribution in [2.45, 2.75) is 146 Å². The quantitative estimate of drug-likeness (QED) is 0.111. The maximum atomic E-state index is 2.75. The highest BCUT2D eigenvalue weighted by Gasteiger charge is 2.59. The van der Waals surface area contributed by atoms with Crippen molar-refractivity contribution >= 4 is 70.8 Å². The minimum atomic E-state index is -1.45. The second-order valence-electron chi connectivity index (χ2n) is 28.7. The molecule has 0 saturated heterocycles. The molecule has 0 bridgehead atoms. The zero-order valence-electron chi connectivity index (χ0n) is 50.7. The Kier molecular flexibility index (Phi) is 11.6. The summed E-state index contributed by atoms with van der Waals surface area (Å²) in [4.78, 5) is 5.49. The van der Waals surface area contributed by atoms with Crippen LogP contribution in [0.5, 0.6) is 0 Å². The van der Waals surface area contributed by atoms with E-state index in [0.29, 0.717) is 0 Å². The van der Waals surface area contributed by atoms with Crippen molar-refractivity contribution in [1.29, 1.82) is 0 Å². The molecule has 0 spiro atoms. The Labute approximate surface area is 496 Å². The van der Waals surface area contributed by atoms with Crippen LogP contribution in [0.15, 0.2) is 206 Å². The fourth-order valence-electron chi connectivity index (χ4n) is 17.4. The lowest BCUT2D eigenvalue weighted by Gasteiger charge is -2.50. The average molecular weight is 1110 g/mol. The van der Waals surface area contributed by atoms with Crippen molar-refractivity contribution in [2.24, 2.45) is 0 Å². The van der Waals surface area contributed by atoms with E-state index in [1.165, 1.54) is 173 Å². The molecule has 0 amide bonds. The molecule has 15 rings (SSSR count). The van der Waals surface area contributed by atoms with Crippen LogP contribution >= 0.6 is 0 Å². The third kappa shape index (κ3) is 7.37. The van der Waals surface area contributed by atoms with Crippen molar-refractivity contribution in [2.75, 3.05) is 9.80 Å². The molecule has 0 N–H and O–H groups in total. The molecule has 4 unspecified atom stereocenters. The van der Waals surface area contributed by atoms with Crippen molar-refractivity contribution in [3.63, 3.8) is 0 Å². The molecular weight excluding hydrogens is 1030 g/mol. The van der Waals surface area contributed by atoms with Crippen LogP contribution in [-0.4, -0.2) is 27.2 Å². The molecule has 10 aromatic rings. The molecule has 0 radical (unpaired) electrons. The molecule has 414 valence electrons. The van der Waals surface area contributed by atoms with Gasteiger partial charge in [0, 0.05) is 33.6 Å². The van der Waals surface area contributed by atoms with Gasteiger partial charge in [0.2, 0.25) is 0 Å². The Hall–Kier alpha value is -7.25. The van der Waals surface area contributed by atoms with Gasteiger partial charge in [-0.25, -0.2) is 0 Å². The molecule has 83 heavy (non-hydrogen) atoms. The van der Waals surface area contributed by atoms with Crippen LogP contribution in [0.1, 0.15) is 112 Å². The smallest absolute Gasteiger partial charge is 0.0775 e. The number of hydrogen-bond acceptors (Lipinski definition) is 2. The number of benzene rings is 10. The first kappa shape index (κ1) is 52.5. The van der Waals surface area contributed by atoms with Gasteiger partial charge in [-0.1, -0.05) is 235 Å². The number of rotatable bonds is 8. The summed E-state index contributed by atoms with van der Waals surface area (Å²) in [5, 5.41) is 8.27. The molecular formula is C79H80N2Si2. The minimum absolute atomic E-state index is 0.00403. The summed E-state index contributed by atoms with van der Waals surface area (Å²) in [7, 11) is -2.89. The van der Waals surface area contributed by atoms with Crippen LogP contribution in [0.25, 0.3) is 54.9 Å². The average Bonchev–Trinajstić information content (AvgIpc) is 2.05. The van der Waals surface area contributed by atoms with Crippen LogP contribution in [0.4, 0.5) is 22.7 Å². The van der Waals surface area contributed by atoms with Gasteiger partial charge in [0.1, 0.15) is 0 Å². The summed E-state index contributed by atoms with van der Waals surface area (Å²) in [5.41, 5.74) is 20.9. The van der Waals surface area contributed by atoms with E-state index in [-0.39, 0.29) is 21.9 Å². The van der Waals surface area contributed by atoms with Gasteiger partial charge in [-0.3, -0.25) is 0 Å². The molecule has 2 heterocycles. The number of nitrogens with zero attached hydrogens (tertiary/aromatic N) is 2. The zero-order chi connectivity index (χ0) is 57.1. The Balaban J connectivity index is 0.912. The van der Waals surface area contributed by atoms with Crippen molar-refractivity contribution in [3.05, 3.63) is 240 Å².